The number of piperidine rings is 1. The molecule has 0 bridgehead atoms. The van der Waals surface area contributed by atoms with Gasteiger partial charge in [0.05, 0.1) is 18.4 Å². The van der Waals surface area contributed by atoms with Crippen molar-refractivity contribution in [3.63, 3.8) is 0 Å². The number of nitrogens with one attached hydrogen (secondary N) is 2. The summed E-state index contributed by atoms with van der Waals surface area (Å²) in [6.07, 6.45) is 8.34. The van der Waals surface area contributed by atoms with Crippen LogP contribution in [0.3, 0.4) is 0 Å². The van der Waals surface area contributed by atoms with Crippen LogP contribution in [0.15, 0.2) is 42.7 Å². The third-order valence-corrected chi connectivity index (χ3v) is 5.27. The van der Waals surface area contributed by atoms with Gasteiger partial charge in [-0.05, 0) is 76.0 Å². The van der Waals surface area contributed by atoms with Gasteiger partial charge in [0.25, 0.3) is 0 Å². The lowest BCUT2D eigenvalue weighted by molar-refractivity contribution is -0.122. The average Bonchev–Trinajstić information content (AvgIpc) is 3.17. The second kappa shape index (κ2) is 10.2. The standard InChI is InChI=1S/C21H31N5O/c1-22-11-7-18-9-13-25(14-10-18)17-21(27)23-12-8-19-15-24-26(16-19)20-5-3-2-4-6-20/h2-6,15-16,18,22H,7-14,17H2,1H3,(H,23,27). The van der Waals surface area contributed by atoms with E-state index in [0.29, 0.717) is 13.1 Å². The number of amides is 1. The van der Waals surface area contributed by atoms with Crippen molar-refractivity contribution in [3.8, 4) is 5.69 Å². The zero-order valence-corrected chi connectivity index (χ0v) is 16.2. The molecule has 2 N–H and O–H groups in total. The lowest BCUT2D eigenvalue weighted by Gasteiger charge is -2.31. The molecule has 1 amide bonds. The largest absolute Gasteiger partial charge is 0.355 e. The van der Waals surface area contributed by atoms with Gasteiger partial charge in [0.1, 0.15) is 0 Å². The minimum Gasteiger partial charge on any atom is -0.355 e. The number of carbonyl (C=O) groups excluding carboxylic acids is 1. The first-order valence-electron chi connectivity index (χ1n) is 9.97. The first-order valence-corrected chi connectivity index (χ1v) is 9.97. The Morgan fingerprint density at radius 3 is 2.70 bits per heavy atom. The van der Waals surface area contributed by atoms with Crippen molar-refractivity contribution in [2.45, 2.75) is 25.7 Å². The molecule has 1 fully saturated rings. The lowest BCUT2D eigenvalue weighted by Crippen LogP contribution is -2.42. The highest BCUT2D eigenvalue weighted by molar-refractivity contribution is 5.78. The van der Waals surface area contributed by atoms with Crippen LogP contribution in [0.25, 0.3) is 5.69 Å². The molecular weight excluding hydrogens is 338 g/mol. The summed E-state index contributed by atoms with van der Waals surface area (Å²) in [5, 5.41) is 10.7. The van der Waals surface area contributed by atoms with E-state index in [1.807, 2.05) is 54.5 Å². The van der Waals surface area contributed by atoms with E-state index < -0.39 is 0 Å². The fraction of sp³-hybridized carbons (Fsp3) is 0.524. The summed E-state index contributed by atoms with van der Waals surface area (Å²) in [7, 11) is 2.01. The second-order valence-corrected chi connectivity index (χ2v) is 7.34. The number of likely N-dealkylation sites (tertiary alicyclic amines) is 1. The Labute approximate surface area is 161 Å². The highest BCUT2D eigenvalue weighted by Crippen LogP contribution is 2.19. The third kappa shape index (κ3) is 6.19. The number of aromatic nitrogens is 2. The van der Waals surface area contributed by atoms with Gasteiger partial charge in [-0.1, -0.05) is 18.2 Å². The van der Waals surface area contributed by atoms with Crippen LogP contribution in [0.1, 0.15) is 24.8 Å². The van der Waals surface area contributed by atoms with Crippen LogP contribution in [-0.2, 0) is 11.2 Å². The van der Waals surface area contributed by atoms with Gasteiger partial charge in [0, 0.05) is 12.7 Å². The first kappa shape index (κ1) is 19.6. The summed E-state index contributed by atoms with van der Waals surface area (Å²) in [6.45, 7) is 4.32. The summed E-state index contributed by atoms with van der Waals surface area (Å²) in [4.78, 5) is 14.5. The van der Waals surface area contributed by atoms with Crippen molar-refractivity contribution in [1.29, 1.82) is 0 Å². The number of hydrogen-bond donors (Lipinski definition) is 2. The van der Waals surface area contributed by atoms with Crippen LogP contribution in [0.2, 0.25) is 0 Å². The maximum atomic E-state index is 12.2. The highest BCUT2D eigenvalue weighted by Gasteiger charge is 2.20. The summed E-state index contributed by atoms with van der Waals surface area (Å²) >= 11 is 0. The second-order valence-electron chi connectivity index (χ2n) is 7.34. The number of hydrogen-bond acceptors (Lipinski definition) is 4. The van der Waals surface area contributed by atoms with Gasteiger partial charge in [-0.3, -0.25) is 9.69 Å². The molecule has 0 aliphatic carbocycles. The molecule has 146 valence electrons. The number of rotatable bonds is 9. The Kier molecular flexibility index (Phi) is 7.42. The van der Waals surface area contributed by atoms with Crippen LogP contribution in [-0.4, -0.2) is 60.4 Å². The maximum Gasteiger partial charge on any atom is 0.234 e. The van der Waals surface area contributed by atoms with Gasteiger partial charge in [-0.25, -0.2) is 4.68 Å². The molecule has 1 aromatic carbocycles. The maximum absolute atomic E-state index is 12.2. The predicted molar refractivity (Wildman–Crippen MR) is 108 cm³/mol. The normalized spacial score (nSPS) is 15.7. The van der Waals surface area contributed by atoms with Crippen molar-refractivity contribution < 1.29 is 4.79 Å². The molecule has 0 radical (unpaired) electrons. The molecule has 0 saturated carbocycles. The molecule has 0 spiro atoms. The van der Waals surface area contributed by atoms with Crippen LogP contribution in [0, 0.1) is 5.92 Å². The summed E-state index contributed by atoms with van der Waals surface area (Å²) in [5.41, 5.74) is 2.18. The molecule has 0 atom stereocenters. The number of benzene rings is 1. The smallest absolute Gasteiger partial charge is 0.234 e. The molecule has 1 saturated heterocycles. The van der Waals surface area contributed by atoms with Gasteiger partial charge >= 0.3 is 0 Å². The molecule has 6 heteroatoms. The van der Waals surface area contributed by atoms with E-state index in [4.69, 9.17) is 0 Å². The van der Waals surface area contributed by atoms with Crippen LogP contribution < -0.4 is 10.6 Å². The minimum absolute atomic E-state index is 0.124. The molecule has 0 unspecified atom stereocenters. The van der Waals surface area contributed by atoms with Crippen LogP contribution >= 0.6 is 0 Å². The Bertz CT molecular complexity index is 692. The Morgan fingerprint density at radius 1 is 1.19 bits per heavy atom. The van der Waals surface area contributed by atoms with Gasteiger partial charge in [0.15, 0.2) is 0 Å². The van der Waals surface area contributed by atoms with E-state index in [1.54, 1.807) is 0 Å². The van der Waals surface area contributed by atoms with E-state index in [0.717, 1.165) is 43.2 Å². The molecule has 1 aromatic heterocycles. The SMILES string of the molecule is CNCCC1CCN(CC(=O)NCCc2cnn(-c3ccccc3)c2)CC1. The summed E-state index contributed by atoms with van der Waals surface area (Å²) < 4.78 is 1.87. The topological polar surface area (TPSA) is 62.2 Å². The zero-order valence-electron chi connectivity index (χ0n) is 16.2. The Hall–Kier alpha value is -2.18. The molecule has 1 aliphatic rings. The van der Waals surface area contributed by atoms with Gasteiger partial charge < -0.3 is 10.6 Å². The third-order valence-electron chi connectivity index (χ3n) is 5.27. The van der Waals surface area contributed by atoms with Crippen LogP contribution in [0.5, 0.6) is 0 Å². The van der Waals surface area contributed by atoms with E-state index >= 15 is 0 Å². The quantitative estimate of drug-likeness (QED) is 0.708. The van der Waals surface area contributed by atoms with Crippen molar-refractivity contribution in [2.24, 2.45) is 5.92 Å². The molecule has 6 nitrogen and oxygen atoms in total. The predicted octanol–water partition coefficient (Wildman–Crippen LogP) is 1.85. The van der Waals surface area contributed by atoms with Crippen molar-refractivity contribution >= 4 is 5.91 Å². The molecular formula is C21H31N5O. The number of nitrogens with zero attached hydrogens (tertiary/aromatic N) is 3. The monoisotopic (exact) mass is 369 g/mol. The van der Waals surface area contributed by atoms with Gasteiger partial charge in [-0.15, -0.1) is 0 Å². The number of carbonyl (C=O) groups is 1. The molecule has 1 aliphatic heterocycles. The summed E-state index contributed by atoms with van der Waals surface area (Å²) in [5.74, 6) is 0.928. The first-order chi connectivity index (χ1) is 13.2. The van der Waals surface area contributed by atoms with Crippen molar-refractivity contribution in [3.05, 3.63) is 48.3 Å². The van der Waals surface area contributed by atoms with Crippen molar-refractivity contribution in [1.82, 2.24) is 25.3 Å². The molecule has 27 heavy (non-hydrogen) atoms. The number of para-hydroxylation sites is 1. The van der Waals surface area contributed by atoms with Crippen molar-refractivity contribution in [2.75, 3.05) is 39.8 Å². The van der Waals surface area contributed by atoms with Crippen LogP contribution in [0.4, 0.5) is 0 Å². The Morgan fingerprint density at radius 2 is 1.96 bits per heavy atom. The zero-order chi connectivity index (χ0) is 18.9. The Balaban J connectivity index is 1.34. The van der Waals surface area contributed by atoms with E-state index in [9.17, 15) is 4.79 Å². The lowest BCUT2D eigenvalue weighted by atomic mass is 9.93. The van der Waals surface area contributed by atoms with E-state index in [2.05, 4.69) is 20.6 Å². The van der Waals surface area contributed by atoms with Gasteiger partial charge in [0.2, 0.25) is 5.91 Å². The fourth-order valence-corrected chi connectivity index (χ4v) is 3.60. The molecule has 2 heterocycles. The molecule has 2 aromatic rings. The average molecular weight is 370 g/mol. The highest BCUT2D eigenvalue weighted by atomic mass is 16.2. The fourth-order valence-electron chi connectivity index (χ4n) is 3.60. The summed E-state index contributed by atoms with van der Waals surface area (Å²) in [6, 6.07) is 10.1. The molecule has 3 rings (SSSR count). The van der Waals surface area contributed by atoms with E-state index in [-0.39, 0.29) is 5.91 Å². The minimum atomic E-state index is 0.124. The van der Waals surface area contributed by atoms with E-state index in [1.165, 1.54) is 19.3 Å². The van der Waals surface area contributed by atoms with Gasteiger partial charge in [-0.2, -0.15) is 5.10 Å².